The van der Waals surface area contributed by atoms with Crippen molar-refractivity contribution >= 4 is 29.1 Å². The minimum Gasteiger partial charge on any atom is -0.362 e. The fraction of sp³-hybridized carbons (Fsp3) is 0.222. The van der Waals surface area contributed by atoms with Gasteiger partial charge in [0.2, 0.25) is 0 Å². The van der Waals surface area contributed by atoms with Gasteiger partial charge in [-0.25, -0.2) is 0 Å². The summed E-state index contributed by atoms with van der Waals surface area (Å²) in [5, 5.41) is 0.471. The van der Waals surface area contributed by atoms with E-state index in [1.807, 2.05) is 23.1 Å². The van der Waals surface area contributed by atoms with Crippen LogP contribution in [0.25, 0.3) is 0 Å². The van der Waals surface area contributed by atoms with E-state index < -0.39 is 5.91 Å². The molecule has 0 fully saturated rings. The van der Waals surface area contributed by atoms with Gasteiger partial charge in [0.05, 0.1) is 6.54 Å². The van der Waals surface area contributed by atoms with Crippen molar-refractivity contribution in [2.45, 2.75) is 12.8 Å². The number of aryl methyl sites for hydroxylation is 1. The fourth-order valence-corrected chi connectivity index (χ4v) is 3.01. The van der Waals surface area contributed by atoms with Gasteiger partial charge in [-0.15, -0.1) is 0 Å². The number of hydrazine groups is 1. The van der Waals surface area contributed by atoms with Crippen molar-refractivity contribution in [3.63, 3.8) is 0 Å². The molecule has 1 aliphatic rings. The van der Waals surface area contributed by atoms with Gasteiger partial charge in [-0.3, -0.25) is 20.4 Å². The average Bonchev–Trinajstić information content (AvgIpc) is 2.60. The predicted molar refractivity (Wildman–Crippen MR) is 94.0 cm³/mol. The molecule has 0 unspecified atom stereocenters. The van der Waals surface area contributed by atoms with Crippen LogP contribution in [0.4, 0.5) is 5.69 Å². The molecule has 2 aromatic carbocycles. The molecule has 1 aliphatic heterocycles. The molecular formula is C18H18ClN3O2. The fourth-order valence-electron chi connectivity index (χ4n) is 2.82. The lowest BCUT2D eigenvalue weighted by atomic mass is 10.0. The topological polar surface area (TPSA) is 61.4 Å². The maximum atomic E-state index is 12.1. The van der Waals surface area contributed by atoms with Crippen LogP contribution in [0.5, 0.6) is 0 Å². The highest BCUT2D eigenvalue weighted by molar-refractivity contribution is 6.30. The third kappa shape index (κ3) is 3.86. The number of amides is 2. The largest absolute Gasteiger partial charge is 0.362 e. The van der Waals surface area contributed by atoms with E-state index in [0.29, 0.717) is 10.6 Å². The first-order valence-electron chi connectivity index (χ1n) is 7.81. The third-order valence-corrected chi connectivity index (χ3v) is 4.18. The van der Waals surface area contributed by atoms with Crippen LogP contribution < -0.4 is 15.8 Å². The number of fused-ring (bicyclic) bond motifs is 1. The van der Waals surface area contributed by atoms with Gasteiger partial charge < -0.3 is 4.90 Å². The molecule has 5 nitrogen and oxygen atoms in total. The summed E-state index contributed by atoms with van der Waals surface area (Å²) < 4.78 is 0. The molecule has 6 heteroatoms. The molecular weight excluding hydrogens is 326 g/mol. The first-order valence-corrected chi connectivity index (χ1v) is 8.19. The van der Waals surface area contributed by atoms with E-state index >= 15 is 0 Å². The Hall–Kier alpha value is -2.53. The van der Waals surface area contributed by atoms with Crippen molar-refractivity contribution in [3.8, 4) is 0 Å². The second-order valence-corrected chi connectivity index (χ2v) is 6.10. The Morgan fingerprint density at radius 2 is 1.92 bits per heavy atom. The Bertz CT molecular complexity index is 763. The summed E-state index contributed by atoms with van der Waals surface area (Å²) in [6, 6.07) is 14.6. The number of carbonyl (C=O) groups excluding carboxylic acids is 2. The molecule has 0 aliphatic carbocycles. The van der Waals surface area contributed by atoms with Crippen LogP contribution in [0.1, 0.15) is 22.3 Å². The van der Waals surface area contributed by atoms with Gasteiger partial charge in [0.1, 0.15) is 0 Å². The van der Waals surface area contributed by atoms with Crippen LogP contribution in [0.2, 0.25) is 5.02 Å². The van der Waals surface area contributed by atoms with Crippen molar-refractivity contribution in [2.24, 2.45) is 0 Å². The van der Waals surface area contributed by atoms with Crippen molar-refractivity contribution < 1.29 is 9.59 Å². The molecule has 0 bridgehead atoms. The Morgan fingerprint density at radius 1 is 1.08 bits per heavy atom. The number of carbonyl (C=O) groups is 2. The molecule has 0 spiro atoms. The summed E-state index contributed by atoms with van der Waals surface area (Å²) in [5.41, 5.74) is 7.60. The van der Waals surface area contributed by atoms with Crippen molar-refractivity contribution in [2.75, 3.05) is 18.0 Å². The lowest BCUT2D eigenvalue weighted by Gasteiger charge is -2.30. The maximum absolute atomic E-state index is 12.1. The number of hydrogen-bond acceptors (Lipinski definition) is 3. The van der Waals surface area contributed by atoms with Crippen LogP contribution in [0, 0.1) is 0 Å². The summed E-state index contributed by atoms with van der Waals surface area (Å²) in [4.78, 5) is 26.2. The molecule has 3 rings (SSSR count). The molecule has 2 N–H and O–H groups in total. The van der Waals surface area contributed by atoms with Gasteiger partial charge in [0, 0.05) is 22.8 Å². The van der Waals surface area contributed by atoms with E-state index in [1.54, 1.807) is 24.3 Å². The molecule has 2 aromatic rings. The van der Waals surface area contributed by atoms with Crippen LogP contribution in [0.15, 0.2) is 48.5 Å². The van der Waals surface area contributed by atoms with E-state index in [1.165, 1.54) is 5.56 Å². The number of para-hydroxylation sites is 1. The minimum atomic E-state index is -0.398. The normalized spacial score (nSPS) is 13.1. The second kappa shape index (κ2) is 7.36. The third-order valence-electron chi connectivity index (χ3n) is 3.94. The monoisotopic (exact) mass is 343 g/mol. The molecule has 124 valence electrons. The molecule has 1 heterocycles. The van der Waals surface area contributed by atoms with Gasteiger partial charge in [-0.1, -0.05) is 35.9 Å². The first-order chi connectivity index (χ1) is 11.6. The Labute approximate surface area is 145 Å². The number of nitrogens with one attached hydrogen (secondary N) is 2. The summed E-state index contributed by atoms with van der Waals surface area (Å²) in [6.07, 6.45) is 2.04. The second-order valence-electron chi connectivity index (χ2n) is 5.67. The van der Waals surface area contributed by atoms with Crippen molar-refractivity contribution in [1.82, 2.24) is 10.9 Å². The van der Waals surface area contributed by atoms with E-state index in [0.717, 1.165) is 25.1 Å². The average molecular weight is 344 g/mol. The Morgan fingerprint density at radius 3 is 2.75 bits per heavy atom. The summed E-state index contributed by atoms with van der Waals surface area (Å²) in [5.74, 6) is -0.660. The SMILES string of the molecule is O=C(CN1CCCc2ccccc21)NNC(=O)c1cccc(Cl)c1. The highest BCUT2D eigenvalue weighted by atomic mass is 35.5. The molecule has 0 radical (unpaired) electrons. The van der Waals surface area contributed by atoms with Crippen LogP contribution >= 0.6 is 11.6 Å². The molecule has 2 amide bonds. The predicted octanol–water partition coefficient (Wildman–Crippen LogP) is 2.55. The van der Waals surface area contributed by atoms with E-state index in [9.17, 15) is 9.59 Å². The zero-order valence-electron chi connectivity index (χ0n) is 13.1. The maximum Gasteiger partial charge on any atom is 0.269 e. The van der Waals surface area contributed by atoms with Crippen LogP contribution in [0.3, 0.4) is 0 Å². The lowest BCUT2D eigenvalue weighted by Crippen LogP contribution is -2.47. The number of hydrogen-bond donors (Lipinski definition) is 2. The summed E-state index contributed by atoms with van der Waals surface area (Å²) >= 11 is 5.85. The molecule has 0 atom stereocenters. The van der Waals surface area contributed by atoms with Gasteiger partial charge in [-0.05, 0) is 42.7 Å². The molecule has 24 heavy (non-hydrogen) atoms. The highest BCUT2D eigenvalue weighted by Gasteiger charge is 2.18. The minimum absolute atomic E-state index is 0.201. The number of benzene rings is 2. The lowest BCUT2D eigenvalue weighted by molar-refractivity contribution is -0.120. The number of halogens is 1. The van der Waals surface area contributed by atoms with E-state index in [4.69, 9.17) is 11.6 Å². The number of anilines is 1. The zero-order valence-corrected chi connectivity index (χ0v) is 13.8. The molecule has 0 saturated heterocycles. The Balaban J connectivity index is 1.56. The van der Waals surface area contributed by atoms with E-state index in [-0.39, 0.29) is 12.5 Å². The van der Waals surface area contributed by atoms with E-state index in [2.05, 4.69) is 16.9 Å². The summed E-state index contributed by atoms with van der Waals surface area (Å²) in [7, 11) is 0. The smallest absolute Gasteiger partial charge is 0.269 e. The van der Waals surface area contributed by atoms with Crippen molar-refractivity contribution in [1.29, 1.82) is 0 Å². The van der Waals surface area contributed by atoms with Crippen LogP contribution in [-0.4, -0.2) is 24.9 Å². The van der Waals surface area contributed by atoms with Gasteiger partial charge in [0.25, 0.3) is 11.8 Å². The van der Waals surface area contributed by atoms with Crippen LogP contribution in [-0.2, 0) is 11.2 Å². The standard InChI is InChI=1S/C18H18ClN3O2/c19-15-8-3-6-14(11-15)18(24)21-20-17(23)12-22-10-4-7-13-5-1-2-9-16(13)22/h1-3,5-6,8-9,11H,4,7,10,12H2,(H,20,23)(H,21,24). The molecule has 0 aromatic heterocycles. The van der Waals surface area contributed by atoms with Gasteiger partial charge in [0.15, 0.2) is 0 Å². The zero-order chi connectivity index (χ0) is 16.9. The highest BCUT2D eigenvalue weighted by Crippen LogP contribution is 2.26. The quantitative estimate of drug-likeness (QED) is 0.842. The number of rotatable bonds is 3. The number of nitrogens with zero attached hydrogens (tertiary/aromatic N) is 1. The van der Waals surface area contributed by atoms with Gasteiger partial charge >= 0.3 is 0 Å². The Kier molecular flexibility index (Phi) is 5.01. The first kappa shape index (κ1) is 16.3. The molecule has 0 saturated carbocycles. The van der Waals surface area contributed by atoms with Crippen molar-refractivity contribution in [3.05, 3.63) is 64.7 Å². The van der Waals surface area contributed by atoms with Gasteiger partial charge in [-0.2, -0.15) is 0 Å². The summed E-state index contributed by atoms with van der Waals surface area (Å²) in [6.45, 7) is 1.03.